The molecule has 0 atom stereocenters. The lowest BCUT2D eigenvalue weighted by Gasteiger charge is -2.10. The van der Waals surface area contributed by atoms with Gasteiger partial charge in [-0.2, -0.15) is 0 Å². The molecule has 0 saturated heterocycles. The van der Waals surface area contributed by atoms with Gasteiger partial charge in [0.1, 0.15) is 0 Å². The van der Waals surface area contributed by atoms with Crippen molar-refractivity contribution in [1.82, 2.24) is 0 Å². The maximum absolute atomic E-state index is 11.6. The summed E-state index contributed by atoms with van der Waals surface area (Å²) in [6.45, 7) is 1.62. The molecule has 0 heterocycles. The van der Waals surface area contributed by atoms with Gasteiger partial charge in [0.2, 0.25) is 10.0 Å². The number of sulfonamides is 1. The van der Waals surface area contributed by atoms with Crippen molar-refractivity contribution < 1.29 is 13.4 Å². The molecule has 0 spiro atoms. The summed E-state index contributed by atoms with van der Waals surface area (Å²) in [4.78, 5) is 0.0937. The van der Waals surface area contributed by atoms with Crippen molar-refractivity contribution in [3.8, 4) is 11.1 Å². The number of rotatable bonds is 4. The van der Waals surface area contributed by atoms with E-state index in [-0.39, 0.29) is 4.90 Å². The summed E-state index contributed by atoms with van der Waals surface area (Å²) >= 11 is 0. The smallest absolute Gasteiger partial charge is 0.406 e. The molecule has 0 aromatic heterocycles. The summed E-state index contributed by atoms with van der Waals surface area (Å²) < 4.78 is 23.1. The van der Waals surface area contributed by atoms with Crippen molar-refractivity contribution in [2.24, 2.45) is 5.14 Å². The number of hydrogen-bond acceptors (Lipinski definition) is 4. The number of nitrogens with one attached hydrogen (secondary N) is 1. The van der Waals surface area contributed by atoms with Gasteiger partial charge in [0, 0.05) is 11.3 Å². The molecule has 0 amide bonds. The van der Waals surface area contributed by atoms with Crippen molar-refractivity contribution in [2.75, 3.05) is 5.23 Å². The Hall–Kier alpha value is -1.83. The molecule has 104 valence electrons. The molecule has 20 heavy (non-hydrogen) atoms. The molecule has 2 aromatic rings. The third kappa shape index (κ3) is 3.38. The zero-order valence-electron chi connectivity index (χ0n) is 10.9. The second-order valence-corrected chi connectivity index (χ2v) is 5.97. The van der Waals surface area contributed by atoms with Crippen LogP contribution in [0.5, 0.6) is 0 Å². The molecule has 0 bridgehead atoms. The van der Waals surface area contributed by atoms with Gasteiger partial charge >= 0.3 is 7.05 Å². The minimum Gasteiger partial charge on any atom is -0.433 e. The molecule has 0 radical (unpaired) electrons. The summed E-state index contributed by atoms with van der Waals surface area (Å²) in [5.41, 5.74) is 2.04. The van der Waals surface area contributed by atoms with E-state index in [1.54, 1.807) is 49.3 Å². The summed E-state index contributed by atoms with van der Waals surface area (Å²) in [5, 5.41) is 17.3. The van der Waals surface area contributed by atoms with Crippen LogP contribution < -0.4 is 10.4 Å². The summed E-state index contributed by atoms with van der Waals surface area (Å²) in [6.07, 6.45) is 0. The molecule has 0 saturated carbocycles. The van der Waals surface area contributed by atoms with Gasteiger partial charge < -0.3 is 10.3 Å². The first-order valence-electron chi connectivity index (χ1n) is 6.05. The van der Waals surface area contributed by atoms with E-state index >= 15 is 0 Å². The van der Waals surface area contributed by atoms with E-state index in [9.17, 15) is 13.4 Å². The van der Waals surface area contributed by atoms with Crippen molar-refractivity contribution in [3.63, 3.8) is 0 Å². The van der Waals surface area contributed by atoms with Crippen molar-refractivity contribution in [3.05, 3.63) is 48.5 Å². The lowest BCUT2D eigenvalue weighted by atomic mass is 9.88. The topological polar surface area (TPSA) is 92.4 Å². The van der Waals surface area contributed by atoms with Crippen LogP contribution in [-0.2, 0) is 10.0 Å². The van der Waals surface area contributed by atoms with Gasteiger partial charge in [0.05, 0.1) is 4.90 Å². The first-order chi connectivity index (χ1) is 9.38. The highest BCUT2D eigenvalue weighted by molar-refractivity contribution is 7.89. The van der Waals surface area contributed by atoms with Gasteiger partial charge in [0.25, 0.3) is 0 Å². The van der Waals surface area contributed by atoms with Crippen LogP contribution in [0.1, 0.15) is 0 Å². The van der Waals surface area contributed by atoms with Gasteiger partial charge in [-0.15, -0.1) is 0 Å². The summed E-state index contributed by atoms with van der Waals surface area (Å²) in [7, 11) is -4.42. The maximum Gasteiger partial charge on any atom is 0.406 e. The van der Waals surface area contributed by atoms with Gasteiger partial charge in [-0.3, -0.25) is 0 Å². The van der Waals surface area contributed by atoms with E-state index in [0.717, 1.165) is 11.3 Å². The van der Waals surface area contributed by atoms with E-state index in [2.05, 4.69) is 5.23 Å². The molecule has 0 unspecified atom stereocenters. The Morgan fingerprint density at radius 1 is 1.10 bits per heavy atom. The predicted octanol–water partition coefficient (Wildman–Crippen LogP) is 1.52. The lowest BCUT2D eigenvalue weighted by molar-refractivity contribution is 0.587. The van der Waals surface area contributed by atoms with Gasteiger partial charge in [-0.25, -0.2) is 13.6 Å². The Labute approximate surface area is 118 Å². The molecule has 0 aliphatic heterocycles. The standard InChI is InChI=1S/C13H15BN2O3S/c1-14(17)16-11-8-6-10(7-9-11)12-4-2-3-5-13(12)20(15,18)19/h2-9,16-17H,1H3,(H2,15,18,19). The van der Waals surface area contributed by atoms with Gasteiger partial charge in [-0.1, -0.05) is 30.3 Å². The molecule has 0 fully saturated rings. The molecule has 0 aliphatic rings. The largest absolute Gasteiger partial charge is 0.433 e. The van der Waals surface area contributed by atoms with Crippen molar-refractivity contribution in [2.45, 2.75) is 11.7 Å². The van der Waals surface area contributed by atoms with E-state index in [1.165, 1.54) is 6.07 Å². The molecule has 4 N–H and O–H groups in total. The van der Waals surface area contributed by atoms with Crippen LogP contribution in [0.3, 0.4) is 0 Å². The zero-order chi connectivity index (χ0) is 14.8. The monoisotopic (exact) mass is 290 g/mol. The van der Waals surface area contributed by atoms with Crippen LogP contribution in [-0.4, -0.2) is 20.5 Å². The van der Waals surface area contributed by atoms with Crippen LogP contribution in [0, 0.1) is 0 Å². The molecular formula is C13H15BN2O3S. The molecule has 0 aliphatic carbocycles. The summed E-state index contributed by atoms with van der Waals surface area (Å²) in [5.74, 6) is 0. The fraction of sp³-hybridized carbons (Fsp3) is 0.0769. The van der Waals surface area contributed by atoms with Crippen LogP contribution in [0.2, 0.25) is 6.82 Å². The number of anilines is 1. The van der Waals surface area contributed by atoms with Crippen LogP contribution in [0.4, 0.5) is 5.69 Å². The average molecular weight is 290 g/mol. The second kappa shape index (κ2) is 5.66. The number of benzene rings is 2. The van der Waals surface area contributed by atoms with Gasteiger partial charge in [0.15, 0.2) is 0 Å². The minimum atomic E-state index is -3.77. The molecule has 5 nitrogen and oxygen atoms in total. The maximum atomic E-state index is 11.6. The first-order valence-corrected chi connectivity index (χ1v) is 7.59. The van der Waals surface area contributed by atoms with Crippen LogP contribution >= 0.6 is 0 Å². The third-order valence-electron chi connectivity index (χ3n) is 2.77. The van der Waals surface area contributed by atoms with Gasteiger partial charge in [-0.05, 0) is 30.6 Å². The molecule has 7 heteroatoms. The second-order valence-electron chi connectivity index (χ2n) is 4.44. The SMILES string of the molecule is CB(O)Nc1ccc(-c2ccccc2S(N)(=O)=O)cc1. The van der Waals surface area contributed by atoms with Crippen molar-refractivity contribution in [1.29, 1.82) is 0 Å². The predicted molar refractivity (Wildman–Crippen MR) is 80.7 cm³/mol. The van der Waals surface area contributed by atoms with E-state index in [1.807, 2.05) is 0 Å². The fourth-order valence-corrected chi connectivity index (χ4v) is 2.70. The molecule has 2 rings (SSSR count). The van der Waals surface area contributed by atoms with E-state index < -0.39 is 17.1 Å². The average Bonchev–Trinajstić information content (AvgIpc) is 2.38. The fourth-order valence-electron chi connectivity index (χ4n) is 1.94. The summed E-state index contributed by atoms with van der Waals surface area (Å²) in [6, 6.07) is 13.6. The number of hydrogen-bond donors (Lipinski definition) is 3. The van der Waals surface area contributed by atoms with E-state index in [0.29, 0.717) is 5.56 Å². The highest BCUT2D eigenvalue weighted by Gasteiger charge is 2.14. The van der Waals surface area contributed by atoms with Crippen molar-refractivity contribution >= 4 is 22.8 Å². The Bertz CT molecular complexity index is 700. The minimum absolute atomic E-state index is 0.0937. The van der Waals surface area contributed by atoms with Crippen LogP contribution in [0.15, 0.2) is 53.4 Å². The Morgan fingerprint density at radius 2 is 1.70 bits per heavy atom. The normalized spacial score (nSPS) is 11.2. The highest BCUT2D eigenvalue weighted by atomic mass is 32.2. The Kier molecular flexibility index (Phi) is 4.13. The highest BCUT2D eigenvalue weighted by Crippen LogP contribution is 2.27. The quantitative estimate of drug-likeness (QED) is 0.744. The Balaban J connectivity index is 2.43. The number of nitrogens with two attached hydrogens (primary N) is 1. The third-order valence-corrected chi connectivity index (χ3v) is 3.73. The van der Waals surface area contributed by atoms with Crippen LogP contribution in [0.25, 0.3) is 11.1 Å². The lowest BCUT2D eigenvalue weighted by Crippen LogP contribution is -2.19. The number of primary sulfonamides is 1. The Morgan fingerprint density at radius 3 is 2.25 bits per heavy atom. The molecule has 2 aromatic carbocycles. The van der Waals surface area contributed by atoms with E-state index in [4.69, 9.17) is 5.14 Å². The first kappa shape index (κ1) is 14.6. The molecular weight excluding hydrogens is 275 g/mol. The zero-order valence-corrected chi connectivity index (χ0v) is 11.8.